The molecule has 0 aliphatic carbocycles. The zero-order valence-corrected chi connectivity index (χ0v) is 19.0. The van der Waals surface area contributed by atoms with E-state index in [-0.39, 0.29) is 29.6 Å². The molecule has 172 valence electrons. The molecule has 0 aromatic heterocycles. The van der Waals surface area contributed by atoms with Crippen LogP contribution < -0.4 is 4.90 Å². The van der Waals surface area contributed by atoms with Gasteiger partial charge in [0.15, 0.2) is 0 Å². The van der Waals surface area contributed by atoms with E-state index in [1.807, 2.05) is 11.0 Å². The van der Waals surface area contributed by atoms with Gasteiger partial charge in [0.2, 0.25) is 5.91 Å². The lowest BCUT2D eigenvalue weighted by molar-refractivity contribution is -0.132. The summed E-state index contributed by atoms with van der Waals surface area (Å²) in [5, 5.41) is 8.69. The molecule has 3 amide bonds. The molecule has 2 saturated heterocycles. The van der Waals surface area contributed by atoms with Gasteiger partial charge < -0.3 is 14.7 Å². The minimum Gasteiger partial charge on any atom is -0.343 e. The summed E-state index contributed by atoms with van der Waals surface area (Å²) >= 11 is 0. The molecule has 3 heterocycles. The van der Waals surface area contributed by atoms with Gasteiger partial charge in [-0.25, -0.2) is 9.18 Å². The number of nitrogens with zero attached hydrogens (tertiary/aromatic N) is 5. The van der Waals surface area contributed by atoms with Crippen molar-refractivity contribution in [1.29, 1.82) is 5.26 Å². The number of piperidine rings is 2. The van der Waals surface area contributed by atoms with Crippen molar-refractivity contribution in [2.75, 3.05) is 51.7 Å². The number of urea groups is 1. The number of hydrogen-bond donors (Lipinski definition) is 0. The van der Waals surface area contributed by atoms with Crippen molar-refractivity contribution < 1.29 is 14.0 Å². The number of fused-ring (bicyclic) bond motifs is 2. The Balaban J connectivity index is 1.40. The van der Waals surface area contributed by atoms with Crippen LogP contribution in [0, 0.1) is 17.1 Å². The summed E-state index contributed by atoms with van der Waals surface area (Å²) in [7, 11) is 3.49. The number of carbonyl (C=O) groups excluding carboxylic acids is 2. The van der Waals surface area contributed by atoms with E-state index in [0.29, 0.717) is 19.0 Å². The molecule has 0 saturated carbocycles. The van der Waals surface area contributed by atoms with Crippen molar-refractivity contribution in [2.24, 2.45) is 0 Å². The quantitative estimate of drug-likeness (QED) is 0.723. The third kappa shape index (κ3) is 4.18. The maximum atomic E-state index is 14.2. The van der Waals surface area contributed by atoms with E-state index in [1.165, 1.54) is 6.07 Å². The number of benzene rings is 1. The number of rotatable bonds is 3. The lowest BCUT2D eigenvalue weighted by Gasteiger charge is -2.45. The first kappa shape index (κ1) is 22.5. The highest BCUT2D eigenvalue weighted by molar-refractivity contribution is 5.95. The molecule has 3 aliphatic heterocycles. The number of halogens is 1. The molecule has 7 nitrogen and oxygen atoms in total. The van der Waals surface area contributed by atoms with Gasteiger partial charge in [-0.3, -0.25) is 9.69 Å². The van der Waals surface area contributed by atoms with Gasteiger partial charge in [-0.05, 0) is 62.5 Å². The third-order valence-electron chi connectivity index (χ3n) is 7.43. The molecule has 32 heavy (non-hydrogen) atoms. The molecule has 8 heteroatoms. The first-order chi connectivity index (χ1) is 15.3. The molecule has 0 bridgehead atoms. The van der Waals surface area contributed by atoms with Crippen LogP contribution in [0.1, 0.15) is 44.1 Å². The van der Waals surface area contributed by atoms with Crippen LogP contribution in [0.2, 0.25) is 0 Å². The molecule has 3 aliphatic rings. The van der Waals surface area contributed by atoms with Gasteiger partial charge in [0.25, 0.3) is 0 Å². The highest BCUT2D eigenvalue weighted by Crippen LogP contribution is 2.48. The molecular formula is C24H32FN5O2. The Kier molecular flexibility index (Phi) is 6.38. The second-order valence-electron chi connectivity index (χ2n) is 9.51. The van der Waals surface area contributed by atoms with Crippen molar-refractivity contribution in [3.05, 3.63) is 29.6 Å². The highest BCUT2D eigenvalue weighted by Gasteiger charge is 2.47. The average molecular weight is 442 g/mol. The number of carbonyl (C=O) groups is 2. The monoisotopic (exact) mass is 441 g/mol. The Hall–Kier alpha value is -2.66. The number of nitriles is 1. The predicted molar refractivity (Wildman–Crippen MR) is 120 cm³/mol. The molecule has 0 unspecified atom stereocenters. The highest BCUT2D eigenvalue weighted by atomic mass is 19.1. The van der Waals surface area contributed by atoms with E-state index in [0.717, 1.165) is 63.1 Å². The zero-order chi connectivity index (χ0) is 22.9. The Morgan fingerprint density at radius 3 is 2.50 bits per heavy atom. The van der Waals surface area contributed by atoms with Gasteiger partial charge in [0, 0.05) is 63.7 Å². The molecule has 0 N–H and O–H groups in total. The van der Waals surface area contributed by atoms with E-state index in [9.17, 15) is 14.0 Å². The van der Waals surface area contributed by atoms with Crippen LogP contribution in [-0.2, 0) is 10.2 Å². The van der Waals surface area contributed by atoms with Crippen molar-refractivity contribution in [3.8, 4) is 6.07 Å². The summed E-state index contributed by atoms with van der Waals surface area (Å²) < 4.78 is 14.2. The second-order valence-corrected chi connectivity index (χ2v) is 9.51. The predicted octanol–water partition coefficient (Wildman–Crippen LogP) is 2.96. The summed E-state index contributed by atoms with van der Waals surface area (Å²) in [6.45, 7) is 3.91. The zero-order valence-electron chi connectivity index (χ0n) is 19.0. The number of hydrogen-bond acceptors (Lipinski definition) is 4. The fourth-order valence-electron chi connectivity index (χ4n) is 5.60. The smallest absolute Gasteiger partial charge is 0.323 e. The molecule has 1 aromatic carbocycles. The molecule has 4 rings (SSSR count). The van der Waals surface area contributed by atoms with Crippen LogP contribution in [0.4, 0.5) is 14.9 Å². The fourth-order valence-corrected chi connectivity index (χ4v) is 5.60. The largest absolute Gasteiger partial charge is 0.343 e. The fraction of sp³-hybridized carbons (Fsp3) is 0.625. The van der Waals surface area contributed by atoms with Gasteiger partial charge in [0.1, 0.15) is 5.82 Å². The summed E-state index contributed by atoms with van der Waals surface area (Å²) in [6, 6.07) is 7.23. The van der Waals surface area contributed by atoms with Gasteiger partial charge in [-0.2, -0.15) is 5.26 Å². The molecule has 2 fully saturated rings. The van der Waals surface area contributed by atoms with Crippen molar-refractivity contribution in [2.45, 2.75) is 50.0 Å². The topological polar surface area (TPSA) is 70.9 Å². The first-order valence-corrected chi connectivity index (χ1v) is 11.5. The van der Waals surface area contributed by atoms with Crippen molar-refractivity contribution in [3.63, 3.8) is 0 Å². The van der Waals surface area contributed by atoms with Gasteiger partial charge in [-0.15, -0.1) is 0 Å². The Morgan fingerprint density at radius 2 is 1.88 bits per heavy atom. The van der Waals surface area contributed by atoms with Gasteiger partial charge in [0.05, 0.1) is 6.07 Å². The molecule has 0 radical (unpaired) electrons. The van der Waals surface area contributed by atoms with Crippen LogP contribution in [0.25, 0.3) is 0 Å². The van der Waals surface area contributed by atoms with Gasteiger partial charge in [-0.1, -0.05) is 0 Å². The second kappa shape index (κ2) is 9.07. The van der Waals surface area contributed by atoms with Crippen molar-refractivity contribution >= 4 is 17.6 Å². The van der Waals surface area contributed by atoms with Crippen LogP contribution in [0.15, 0.2) is 18.2 Å². The van der Waals surface area contributed by atoms with Crippen molar-refractivity contribution in [1.82, 2.24) is 14.7 Å². The van der Waals surface area contributed by atoms with Crippen LogP contribution in [0.3, 0.4) is 0 Å². The number of anilines is 1. The van der Waals surface area contributed by atoms with Crippen LogP contribution in [0.5, 0.6) is 0 Å². The molecule has 0 atom stereocenters. The van der Waals surface area contributed by atoms with E-state index < -0.39 is 0 Å². The molecular weight excluding hydrogens is 409 g/mol. The summed E-state index contributed by atoms with van der Waals surface area (Å²) in [5.41, 5.74) is 1.60. The normalized spacial score (nSPS) is 20.8. The number of likely N-dealkylation sites (tertiary alicyclic amines) is 2. The maximum Gasteiger partial charge on any atom is 0.323 e. The minimum atomic E-state index is -0.252. The SMILES string of the molecule is CN(C)C(=O)N1CC2(CCN(C3CCN(C(=O)CCC#N)CC3)CC2)c2cc(F)ccc21. The molecule has 1 spiro atoms. The van der Waals surface area contributed by atoms with E-state index in [4.69, 9.17) is 5.26 Å². The minimum absolute atomic E-state index is 0.0643. The lowest BCUT2D eigenvalue weighted by atomic mass is 9.74. The standard InChI is InChI=1S/C24H32FN5O2/c1-27(2)23(32)30-17-24(20-16-18(25)5-6-21(20)30)9-14-28(15-10-24)19-7-12-29(13-8-19)22(31)4-3-11-26/h5-6,16,19H,3-4,7-10,12-15,17H2,1-2H3. The van der Waals surface area contributed by atoms with Gasteiger partial charge >= 0.3 is 6.03 Å². The Labute approximate surface area is 189 Å². The lowest BCUT2D eigenvalue weighted by Crippen LogP contribution is -2.52. The Morgan fingerprint density at radius 1 is 1.19 bits per heavy atom. The summed E-state index contributed by atoms with van der Waals surface area (Å²) in [5.74, 6) is -0.170. The van der Waals surface area contributed by atoms with Crippen LogP contribution >= 0.6 is 0 Å². The van der Waals surface area contributed by atoms with E-state index in [1.54, 1.807) is 36.0 Å². The first-order valence-electron chi connectivity index (χ1n) is 11.5. The summed E-state index contributed by atoms with van der Waals surface area (Å²) in [4.78, 5) is 32.7. The van der Waals surface area contributed by atoms with E-state index >= 15 is 0 Å². The van der Waals surface area contributed by atoms with Crippen LogP contribution in [-0.4, -0.2) is 79.5 Å². The third-order valence-corrected chi connectivity index (χ3v) is 7.43. The van der Waals surface area contributed by atoms with E-state index in [2.05, 4.69) is 4.90 Å². The Bertz CT molecular complexity index is 911. The molecule has 1 aromatic rings. The maximum absolute atomic E-state index is 14.2. The average Bonchev–Trinajstić information content (AvgIpc) is 3.10. The number of amides is 3. The summed E-state index contributed by atoms with van der Waals surface area (Å²) in [6.07, 6.45) is 4.27.